The van der Waals surface area contributed by atoms with Crippen LogP contribution in [0, 0.1) is 0 Å². The third kappa shape index (κ3) is 3.92. The Morgan fingerprint density at radius 2 is 1.55 bits per heavy atom. The number of aryl methyl sites for hydroxylation is 1. The van der Waals surface area contributed by atoms with Gasteiger partial charge in [0.05, 0.1) is 4.90 Å². The molecule has 0 amide bonds. The van der Waals surface area contributed by atoms with Crippen LogP contribution in [0.5, 0.6) is 0 Å². The van der Waals surface area contributed by atoms with Crippen LogP contribution in [0.15, 0.2) is 59.5 Å². The van der Waals surface area contributed by atoms with Crippen LogP contribution in [-0.4, -0.2) is 8.42 Å². The summed E-state index contributed by atoms with van der Waals surface area (Å²) in [6.45, 7) is 2.41. The minimum Gasteiger partial charge on any atom is -0.207 e. The van der Waals surface area contributed by atoms with Crippen molar-refractivity contribution >= 4 is 10.0 Å². The van der Waals surface area contributed by atoms with Crippen LogP contribution < -0.4 is 4.72 Å². The molecule has 2 aromatic carbocycles. The number of hydrogen-bond donors (Lipinski definition) is 1. The molecular weight excluding hydrogens is 270 g/mol. The van der Waals surface area contributed by atoms with Crippen molar-refractivity contribution in [1.29, 1.82) is 0 Å². The third-order valence-electron chi connectivity index (χ3n) is 3.08. The summed E-state index contributed by atoms with van der Waals surface area (Å²) < 4.78 is 26.9. The van der Waals surface area contributed by atoms with Crippen LogP contribution in [0.1, 0.15) is 24.5 Å². The second kappa shape index (κ2) is 6.68. The maximum Gasteiger partial charge on any atom is 0.240 e. The van der Waals surface area contributed by atoms with Gasteiger partial charge in [0.2, 0.25) is 10.0 Å². The van der Waals surface area contributed by atoms with E-state index in [1.165, 1.54) is 0 Å². The summed E-state index contributed by atoms with van der Waals surface area (Å²) in [5.41, 5.74) is 2.10. The zero-order valence-electron chi connectivity index (χ0n) is 11.5. The molecule has 1 N–H and O–H groups in total. The lowest BCUT2D eigenvalue weighted by atomic mass is 10.1. The van der Waals surface area contributed by atoms with Gasteiger partial charge in [-0.15, -0.1) is 0 Å². The van der Waals surface area contributed by atoms with Crippen LogP contribution in [0.4, 0.5) is 0 Å². The van der Waals surface area contributed by atoms with E-state index in [1.54, 1.807) is 12.1 Å². The molecule has 106 valence electrons. The van der Waals surface area contributed by atoms with Gasteiger partial charge in [-0.2, -0.15) is 0 Å². The standard InChI is InChI=1S/C16H19NO2S/c1-2-6-14-9-11-16(12-10-14)20(18,19)17-13-15-7-4-3-5-8-15/h3-5,7-12,17H,2,6,13H2,1H3. The molecule has 2 rings (SSSR count). The highest BCUT2D eigenvalue weighted by atomic mass is 32.2. The van der Waals surface area contributed by atoms with Crippen molar-refractivity contribution in [2.75, 3.05) is 0 Å². The van der Waals surface area contributed by atoms with E-state index < -0.39 is 10.0 Å². The Hall–Kier alpha value is -1.65. The van der Waals surface area contributed by atoms with Crippen molar-refractivity contribution in [3.8, 4) is 0 Å². The van der Waals surface area contributed by atoms with E-state index >= 15 is 0 Å². The van der Waals surface area contributed by atoms with Gasteiger partial charge in [-0.3, -0.25) is 0 Å². The molecule has 3 nitrogen and oxygen atoms in total. The summed E-state index contributed by atoms with van der Waals surface area (Å²) in [7, 11) is -3.44. The number of benzene rings is 2. The smallest absolute Gasteiger partial charge is 0.207 e. The normalized spacial score (nSPS) is 11.4. The van der Waals surface area contributed by atoms with Crippen molar-refractivity contribution in [2.45, 2.75) is 31.2 Å². The first-order chi connectivity index (χ1) is 9.62. The van der Waals surface area contributed by atoms with Gasteiger partial charge in [-0.1, -0.05) is 55.8 Å². The molecule has 0 aliphatic carbocycles. The molecule has 0 fully saturated rings. The lowest BCUT2D eigenvalue weighted by molar-refractivity contribution is 0.581. The van der Waals surface area contributed by atoms with Gasteiger partial charge < -0.3 is 0 Å². The fourth-order valence-corrected chi connectivity index (χ4v) is 3.00. The molecule has 0 aromatic heterocycles. The molecule has 0 bridgehead atoms. The number of nitrogens with one attached hydrogen (secondary N) is 1. The average Bonchev–Trinajstić information content (AvgIpc) is 2.47. The average molecular weight is 289 g/mol. The molecule has 2 aromatic rings. The van der Waals surface area contributed by atoms with Gasteiger partial charge in [0.1, 0.15) is 0 Å². The Labute approximate surface area is 120 Å². The number of sulfonamides is 1. The minimum absolute atomic E-state index is 0.305. The fraction of sp³-hybridized carbons (Fsp3) is 0.250. The van der Waals surface area contributed by atoms with Gasteiger partial charge in [-0.05, 0) is 29.7 Å². The Balaban J connectivity index is 2.06. The fourth-order valence-electron chi connectivity index (χ4n) is 1.98. The van der Waals surface area contributed by atoms with Crippen LogP contribution in [-0.2, 0) is 23.0 Å². The molecular formula is C16H19NO2S. The zero-order chi connectivity index (χ0) is 14.4. The highest BCUT2D eigenvalue weighted by Gasteiger charge is 2.13. The summed E-state index contributed by atoms with van der Waals surface area (Å²) in [6, 6.07) is 16.6. The molecule has 0 atom stereocenters. The van der Waals surface area contributed by atoms with E-state index in [9.17, 15) is 8.42 Å². The van der Waals surface area contributed by atoms with E-state index in [-0.39, 0.29) is 0 Å². The van der Waals surface area contributed by atoms with Crippen LogP contribution in [0.2, 0.25) is 0 Å². The zero-order valence-corrected chi connectivity index (χ0v) is 12.4. The van der Waals surface area contributed by atoms with Crippen molar-refractivity contribution in [1.82, 2.24) is 4.72 Å². The van der Waals surface area contributed by atoms with E-state index in [0.29, 0.717) is 11.4 Å². The Kier molecular flexibility index (Phi) is 4.93. The predicted molar refractivity (Wildman–Crippen MR) is 80.9 cm³/mol. The largest absolute Gasteiger partial charge is 0.240 e. The first-order valence-corrected chi connectivity index (χ1v) is 8.22. The van der Waals surface area contributed by atoms with E-state index in [0.717, 1.165) is 24.0 Å². The van der Waals surface area contributed by atoms with Gasteiger partial charge in [0.25, 0.3) is 0 Å². The van der Waals surface area contributed by atoms with Gasteiger partial charge in [-0.25, -0.2) is 13.1 Å². The molecule has 0 saturated heterocycles. The van der Waals surface area contributed by atoms with Crippen molar-refractivity contribution < 1.29 is 8.42 Å². The number of rotatable bonds is 6. The highest BCUT2D eigenvalue weighted by molar-refractivity contribution is 7.89. The summed E-state index contributed by atoms with van der Waals surface area (Å²) in [4.78, 5) is 0.313. The predicted octanol–water partition coefficient (Wildman–Crippen LogP) is 3.12. The van der Waals surface area contributed by atoms with Crippen molar-refractivity contribution in [2.24, 2.45) is 0 Å². The van der Waals surface area contributed by atoms with Gasteiger partial charge in [0, 0.05) is 6.54 Å². The first-order valence-electron chi connectivity index (χ1n) is 6.74. The van der Waals surface area contributed by atoms with Crippen molar-refractivity contribution in [3.05, 3.63) is 65.7 Å². The summed E-state index contributed by atoms with van der Waals surface area (Å²) in [5.74, 6) is 0. The summed E-state index contributed by atoms with van der Waals surface area (Å²) in [6.07, 6.45) is 2.02. The first kappa shape index (κ1) is 14.8. The SMILES string of the molecule is CCCc1ccc(S(=O)(=O)NCc2ccccc2)cc1. The number of hydrogen-bond acceptors (Lipinski definition) is 2. The minimum atomic E-state index is -3.44. The Bertz CT molecular complexity index is 634. The molecule has 20 heavy (non-hydrogen) atoms. The Morgan fingerprint density at radius 1 is 0.900 bits per heavy atom. The summed E-state index contributed by atoms with van der Waals surface area (Å²) >= 11 is 0. The molecule has 4 heteroatoms. The maximum atomic E-state index is 12.2. The third-order valence-corrected chi connectivity index (χ3v) is 4.50. The summed E-state index contributed by atoms with van der Waals surface area (Å²) in [5, 5.41) is 0. The molecule has 0 unspecified atom stereocenters. The highest BCUT2D eigenvalue weighted by Crippen LogP contribution is 2.12. The van der Waals surface area contributed by atoms with E-state index in [1.807, 2.05) is 42.5 Å². The molecule has 0 saturated carbocycles. The molecule has 0 radical (unpaired) electrons. The molecule has 0 heterocycles. The van der Waals surface area contributed by atoms with E-state index in [4.69, 9.17) is 0 Å². The topological polar surface area (TPSA) is 46.2 Å². The van der Waals surface area contributed by atoms with Gasteiger partial charge in [0.15, 0.2) is 0 Å². The monoisotopic (exact) mass is 289 g/mol. The lowest BCUT2D eigenvalue weighted by Gasteiger charge is -2.07. The van der Waals surface area contributed by atoms with Crippen LogP contribution >= 0.6 is 0 Å². The quantitative estimate of drug-likeness (QED) is 0.888. The lowest BCUT2D eigenvalue weighted by Crippen LogP contribution is -2.23. The van der Waals surface area contributed by atoms with Gasteiger partial charge >= 0.3 is 0 Å². The molecule has 0 spiro atoms. The Morgan fingerprint density at radius 3 is 2.15 bits per heavy atom. The van der Waals surface area contributed by atoms with Crippen molar-refractivity contribution in [3.63, 3.8) is 0 Å². The van der Waals surface area contributed by atoms with Crippen LogP contribution in [0.3, 0.4) is 0 Å². The second-order valence-electron chi connectivity index (χ2n) is 4.70. The molecule has 0 aliphatic rings. The molecule has 0 aliphatic heterocycles. The second-order valence-corrected chi connectivity index (χ2v) is 6.47. The van der Waals surface area contributed by atoms with Crippen LogP contribution in [0.25, 0.3) is 0 Å². The van der Waals surface area contributed by atoms with E-state index in [2.05, 4.69) is 11.6 Å². The maximum absolute atomic E-state index is 12.2.